The zero-order chi connectivity index (χ0) is 8.43. The standard InChI is InChI=1S/C7H12BrN3/c1-5-7(8)6(4-9-2)11(3)10-5/h9H,4H2,1-3H3. The number of aromatic nitrogens is 2. The van der Waals surface area contributed by atoms with E-state index >= 15 is 0 Å². The quantitative estimate of drug-likeness (QED) is 0.808. The van der Waals surface area contributed by atoms with Gasteiger partial charge in [-0.15, -0.1) is 0 Å². The van der Waals surface area contributed by atoms with Crippen molar-refractivity contribution in [2.45, 2.75) is 13.5 Å². The van der Waals surface area contributed by atoms with Gasteiger partial charge in [0.05, 0.1) is 15.9 Å². The molecule has 0 aromatic carbocycles. The first-order valence-corrected chi connectivity index (χ1v) is 4.28. The molecule has 1 heterocycles. The Morgan fingerprint density at radius 3 is 2.64 bits per heavy atom. The van der Waals surface area contributed by atoms with Crippen LogP contribution < -0.4 is 5.32 Å². The van der Waals surface area contributed by atoms with Crippen molar-refractivity contribution in [3.05, 3.63) is 15.9 Å². The first-order chi connectivity index (χ1) is 5.16. The van der Waals surface area contributed by atoms with E-state index in [-0.39, 0.29) is 0 Å². The number of nitrogens with zero attached hydrogens (tertiary/aromatic N) is 2. The monoisotopic (exact) mass is 217 g/mol. The second-order valence-corrected chi connectivity index (χ2v) is 3.29. The summed E-state index contributed by atoms with van der Waals surface area (Å²) < 4.78 is 2.99. The lowest BCUT2D eigenvalue weighted by atomic mass is 10.4. The van der Waals surface area contributed by atoms with Crippen molar-refractivity contribution in [3.8, 4) is 0 Å². The molecule has 3 nitrogen and oxygen atoms in total. The van der Waals surface area contributed by atoms with Crippen LogP contribution in [0.1, 0.15) is 11.4 Å². The lowest BCUT2D eigenvalue weighted by Crippen LogP contribution is -2.10. The Labute approximate surface area is 74.9 Å². The van der Waals surface area contributed by atoms with Crippen molar-refractivity contribution in [2.75, 3.05) is 7.05 Å². The number of halogens is 1. The molecule has 1 aromatic heterocycles. The second kappa shape index (κ2) is 3.36. The summed E-state index contributed by atoms with van der Waals surface area (Å²) in [6.07, 6.45) is 0. The maximum absolute atomic E-state index is 4.26. The molecule has 0 saturated carbocycles. The molecule has 0 aliphatic heterocycles. The minimum Gasteiger partial charge on any atom is -0.314 e. The van der Waals surface area contributed by atoms with Crippen molar-refractivity contribution in [1.82, 2.24) is 15.1 Å². The van der Waals surface area contributed by atoms with Gasteiger partial charge in [-0.25, -0.2) is 0 Å². The van der Waals surface area contributed by atoms with Gasteiger partial charge in [0.1, 0.15) is 0 Å². The van der Waals surface area contributed by atoms with Gasteiger partial charge in [-0.05, 0) is 29.9 Å². The van der Waals surface area contributed by atoms with Gasteiger partial charge in [0, 0.05) is 13.6 Å². The van der Waals surface area contributed by atoms with E-state index in [1.54, 1.807) is 0 Å². The van der Waals surface area contributed by atoms with Crippen LogP contribution >= 0.6 is 15.9 Å². The van der Waals surface area contributed by atoms with E-state index in [1.165, 1.54) is 5.69 Å². The van der Waals surface area contributed by atoms with Crippen molar-refractivity contribution in [1.29, 1.82) is 0 Å². The van der Waals surface area contributed by atoms with E-state index in [4.69, 9.17) is 0 Å². The van der Waals surface area contributed by atoms with Gasteiger partial charge in [-0.2, -0.15) is 5.10 Å². The van der Waals surface area contributed by atoms with E-state index in [0.717, 1.165) is 16.7 Å². The molecule has 62 valence electrons. The zero-order valence-electron chi connectivity index (χ0n) is 6.98. The third-order valence-corrected chi connectivity index (χ3v) is 2.64. The Bertz CT molecular complexity index is 254. The van der Waals surface area contributed by atoms with Crippen LogP contribution in [0, 0.1) is 6.92 Å². The van der Waals surface area contributed by atoms with Crippen LogP contribution in [0.25, 0.3) is 0 Å². The van der Waals surface area contributed by atoms with Gasteiger partial charge in [0.25, 0.3) is 0 Å². The molecule has 0 fully saturated rings. The Balaban J connectivity index is 3.02. The van der Waals surface area contributed by atoms with Crippen LogP contribution in [0.4, 0.5) is 0 Å². The van der Waals surface area contributed by atoms with Crippen LogP contribution in [-0.2, 0) is 13.6 Å². The fourth-order valence-electron chi connectivity index (χ4n) is 1.04. The maximum atomic E-state index is 4.26. The van der Waals surface area contributed by atoms with E-state index in [0.29, 0.717) is 0 Å². The Morgan fingerprint density at radius 1 is 1.64 bits per heavy atom. The van der Waals surface area contributed by atoms with Gasteiger partial charge in [0.15, 0.2) is 0 Å². The van der Waals surface area contributed by atoms with E-state index < -0.39 is 0 Å². The number of nitrogens with one attached hydrogen (secondary N) is 1. The molecule has 0 atom stereocenters. The number of hydrogen-bond acceptors (Lipinski definition) is 2. The smallest absolute Gasteiger partial charge is 0.0739 e. The van der Waals surface area contributed by atoms with Crippen molar-refractivity contribution in [2.24, 2.45) is 7.05 Å². The van der Waals surface area contributed by atoms with Crippen LogP contribution in [0.2, 0.25) is 0 Å². The predicted octanol–water partition coefficient (Wildman–Crippen LogP) is 1.21. The van der Waals surface area contributed by atoms with Gasteiger partial charge in [0.2, 0.25) is 0 Å². The molecule has 0 spiro atoms. The van der Waals surface area contributed by atoms with Crippen molar-refractivity contribution < 1.29 is 0 Å². The zero-order valence-corrected chi connectivity index (χ0v) is 8.57. The average molecular weight is 218 g/mol. The van der Waals surface area contributed by atoms with Gasteiger partial charge in [-0.1, -0.05) is 0 Å². The van der Waals surface area contributed by atoms with Crippen LogP contribution in [-0.4, -0.2) is 16.8 Å². The van der Waals surface area contributed by atoms with E-state index in [9.17, 15) is 0 Å². The lowest BCUT2D eigenvalue weighted by Gasteiger charge is -1.99. The van der Waals surface area contributed by atoms with Gasteiger partial charge in [-0.3, -0.25) is 4.68 Å². The summed E-state index contributed by atoms with van der Waals surface area (Å²) in [5, 5.41) is 7.35. The van der Waals surface area contributed by atoms with Crippen LogP contribution in [0.3, 0.4) is 0 Å². The first kappa shape index (κ1) is 8.74. The first-order valence-electron chi connectivity index (χ1n) is 3.49. The highest BCUT2D eigenvalue weighted by molar-refractivity contribution is 9.10. The maximum Gasteiger partial charge on any atom is 0.0739 e. The summed E-state index contributed by atoms with van der Waals surface area (Å²) in [6.45, 7) is 2.83. The van der Waals surface area contributed by atoms with Crippen LogP contribution in [0.5, 0.6) is 0 Å². The Morgan fingerprint density at radius 2 is 2.27 bits per heavy atom. The summed E-state index contributed by atoms with van der Waals surface area (Å²) in [5.74, 6) is 0. The number of hydrogen-bond donors (Lipinski definition) is 1. The molecule has 0 unspecified atom stereocenters. The average Bonchev–Trinajstić information content (AvgIpc) is 2.17. The topological polar surface area (TPSA) is 29.9 Å². The van der Waals surface area contributed by atoms with Crippen LogP contribution in [0.15, 0.2) is 4.47 Å². The summed E-state index contributed by atoms with van der Waals surface area (Å²) in [7, 11) is 3.87. The van der Waals surface area contributed by atoms with Gasteiger partial charge < -0.3 is 5.32 Å². The molecule has 0 aliphatic rings. The molecular weight excluding hydrogens is 206 g/mol. The number of rotatable bonds is 2. The fraction of sp³-hybridized carbons (Fsp3) is 0.571. The highest BCUT2D eigenvalue weighted by Gasteiger charge is 2.08. The summed E-state index contributed by atoms with van der Waals surface area (Å²) in [4.78, 5) is 0. The second-order valence-electron chi connectivity index (χ2n) is 2.50. The largest absolute Gasteiger partial charge is 0.314 e. The molecular formula is C7H12BrN3. The fourth-order valence-corrected chi connectivity index (χ4v) is 1.52. The van der Waals surface area contributed by atoms with Gasteiger partial charge >= 0.3 is 0 Å². The molecule has 4 heteroatoms. The number of aryl methyl sites for hydroxylation is 2. The Hall–Kier alpha value is -0.350. The molecule has 0 aliphatic carbocycles. The summed E-state index contributed by atoms with van der Waals surface area (Å²) in [5.41, 5.74) is 2.22. The summed E-state index contributed by atoms with van der Waals surface area (Å²) >= 11 is 3.48. The summed E-state index contributed by atoms with van der Waals surface area (Å²) in [6, 6.07) is 0. The third kappa shape index (κ3) is 1.62. The minimum atomic E-state index is 0.845. The lowest BCUT2D eigenvalue weighted by molar-refractivity contribution is 0.667. The minimum absolute atomic E-state index is 0.845. The SMILES string of the molecule is CNCc1c(Br)c(C)nn1C. The molecule has 0 radical (unpaired) electrons. The molecule has 0 amide bonds. The molecule has 1 rings (SSSR count). The third-order valence-electron chi connectivity index (χ3n) is 1.61. The molecule has 11 heavy (non-hydrogen) atoms. The van der Waals surface area contributed by atoms with Crippen molar-refractivity contribution in [3.63, 3.8) is 0 Å². The highest BCUT2D eigenvalue weighted by Crippen LogP contribution is 2.19. The Kier molecular flexibility index (Phi) is 2.67. The van der Waals surface area contributed by atoms with E-state index in [2.05, 4.69) is 26.3 Å². The predicted molar refractivity (Wildman–Crippen MR) is 48.4 cm³/mol. The normalized spacial score (nSPS) is 10.5. The molecule has 1 N–H and O–H groups in total. The molecule has 1 aromatic rings. The van der Waals surface area contributed by atoms with Crippen molar-refractivity contribution >= 4 is 15.9 Å². The van der Waals surface area contributed by atoms with E-state index in [1.807, 2.05) is 25.7 Å². The highest BCUT2D eigenvalue weighted by atomic mass is 79.9. The molecule has 0 saturated heterocycles. The molecule has 0 bridgehead atoms.